The van der Waals surface area contributed by atoms with Gasteiger partial charge in [0, 0.05) is 5.39 Å². The summed E-state index contributed by atoms with van der Waals surface area (Å²) in [6, 6.07) is 12.3. The number of pyridine rings is 1. The van der Waals surface area contributed by atoms with E-state index in [-0.39, 0.29) is 0 Å². The number of nitrogens with two attached hydrogens (primary N) is 1. The third-order valence-electron chi connectivity index (χ3n) is 1.56. The lowest BCUT2D eigenvalue weighted by atomic mass is 10.2. The summed E-state index contributed by atoms with van der Waals surface area (Å²) in [7, 11) is 0. The van der Waals surface area contributed by atoms with Gasteiger partial charge in [0.1, 0.15) is 5.82 Å². The molecule has 53 valence electrons. The summed E-state index contributed by atoms with van der Waals surface area (Å²) >= 11 is 0. The fourth-order valence-corrected chi connectivity index (χ4v) is 1.02. The molecule has 0 saturated carbocycles. The van der Waals surface area contributed by atoms with Crippen molar-refractivity contribution >= 4 is 16.7 Å². The molecule has 1 heterocycles. The molecule has 0 spiro atoms. The van der Waals surface area contributed by atoms with Gasteiger partial charge in [0.25, 0.3) is 0 Å². The molecular weight excluding hydrogens is 136 g/mol. The maximum Gasteiger partial charge on any atom is 0.124 e. The third-order valence-corrected chi connectivity index (χ3v) is 1.56. The highest BCUT2D eigenvalue weighted by molar-refractivity contribution is 5.79. The third kappa shape index (κ3) is 1.03. The van der Waals surface area contributed by atoms with E-state index >= 15 is 0 Å². The van der Waals surface area contributed by atoms with Crippen LogP contribution >= 0.6 is 0 Å². The molecule has 11 heavy (non-hydrogen) atoms. The molecule has 2 nitrogen and oxygen atoms in total. The molecule has 0 aliphatic rings. The Morgan fingerprint density at radius 1 is 1.27 bits per heavy atom. The average Bonchev–Trinajstić information content (AvgIpc) is 2.04. The zero-order valence-electron chi connectivity index (χ0n) is 5.91. The molecule has 2 heteroatoms. The van der Waals surface area contributed by atoms with E-state index in [1.807, 2.05) is 24.3 Å². The minimum Gasteiger partial charge on any atom is -0.384 e. The number of aromatic nitrogens is 1. The molecule has 0 amide bonds. The minimum absolute atomic E-state index is 0.559. The number of hydrogen-bond acceptors (Lipinski definition) is 2. The second kappa shape index (κ2) is 2.23. The van der Waals surface area contributed by atoms with Crippen LogP contribution in [0.5, 0.6) is 0 Å². The van der Waals surface area contributed by atoms with Gasteiger partial charge in [-0.15, -0.1) is 0 Å². The van der Waals surface area contributed by atoms with Crippen LogP contribution in [-0.4, -0.2) is 4.98 Å². The van der Waals surface area contributed by atoms with Crippen molar-refractivity contribution in [3.8, 4) is 0 Å². The van der Waals surface area contributed by atoms with Crippen molar-refractivity contribution in [2.75, 3.05) is 5.73 Å². The molecule has 1 aromatic heterocycles. The van der Waals surface area contributed by atoms with Crippen LogP contribution in [-0.2, 0) is 0 Å². The van der Waals surface area contributed by atoms with E-state index in [2.05, 4.69) is 11.1 Å². The van der Waals surface area contributed by atoms with Crippen molar-refractivity contribution in [2.45, 2.75) is 0 Å². The Hall–Kier alpha value is -1.57. The Labute approximate surface area is 64.7 Å². The molecule has 0 aliphatic carbocycles. The molecule has 2 N–H and O–H groups in total. The first-order chi connectivity index (χ1) is 5.36. The van der Waals surface area contributed by atoms with Crippen LogP contribution in [0.25, 0.3) is 10.9 Å². The van der Waals surface area contributed by atoms with E-state index in [9.17, 15) is 0 Å². The van der Waals surface area contributed by atoms with Gasteiger partial charge < -0.3 is 5.73 Å². The fourth-order valence-electron chi connectivity index (χ4n) is 1.02. The number of nitrogens with zero attached hydrogens (tertiary/aromatic N) is 1. The molecule has 1 aromatic carbocycles. The predicted octanol–water partition coefficient (Wildman–Crippen LogP) is 1.62. The van der Waals surface area contributed by atoms with Crippen LogP contribution in [0.1, 0.15) is 0 Å². The molecule has 0 aliphatic heterocycles. The molecule has 0 saturated heterocycles. The Kier molecular flexibility index (Phi) is 1.25. The summed E-state index contributed by atoms with van der Waals surface area (Å²) in [5, 5.41) is 1.07. The normalized spacial score (nSPS) is 10.2. The highest BCUT2D eigenvalue weighted by Gasteiger charge is 1.91. The van der Waals surface area contributed by atoms with Crippen LogP contribution in [0.2, 0.25) is 0 Å². The summed E-state index contributed by atoms with van der Waals surface area (Å²) in [6.45, 7) is 0. The first-order valence-corrected chi connectivity index (χ1v) is 3.38. The average molecular weight is 143 g/mol. The maximum absolute atomic E-state index is 5.50. The largest absolute Gasteiger partial charge is 0.384 e. The van der Waals surface area contributed by atoms with Crippen molar-refractivity contribution in [3.63, 3.8) is 0 Å². The summed E-state index contributed by atoms with van der Waals surface area (Å²) in [6.07, 6.45) is 0. The molecule has 2 rings (SSSR count). The molecule has 0 unspecified atom stereocenters. The number of nitrogen functional groups attached to an aromatic ring is 1. The van der Waals surface area contributed by atoms with Crippen molar-refractivity contribution in [2.24, 2.45) is 0 Å². The van der Waals surface area contributed by atoms with Gasteiger partial charge in [-0.2, -0.15) is 0 Å². The smallest absolute Gasteiger partial charge is 0.124 e. The van der Waals surface area contributed by atoms with E-state index in [1.165, 1.54) is 0 Å². The lowest BCUT2D eigenvalue weighted by molar-refractivity contribution is 1.41. The van der Waals surface area contributed by atoms with Crippen LogP contribution in [0.3, 0.4) is 0 Å². The van der Waals surface area contributed by atoms with Gasteiger partial charge in [0.2, 0.25) is 0 Å². The summed E-state index contributed by atoms with van der Waals surface area (Å²) in [5.41, 5.74) is 6.42. The van der Waals surface area contributed by atoms with E-state index < -0.39 is 0 Å². The summed E-state index contributed by atoms with van der Waals surface area (Å²) < 4.78 is 0. The Morgan fingerprint density at radius 3 is 3.09 bits per heavy atom. The zero-order chi connectivity index (χ0) is 7.68. The topological polar surface area (TPSA) is 38.9 Å². The summed E-state index contributed by atoms with van der Waals surface area (Å²) in [5.74, 6) is 0.559. The Morgan fingerprint density at radius 2 is 2.18 bits per heavy atom. The minimum atomic E-state index is 0.559. The van der Waals surface area contributed by atoms with Crippen molar-refractivity contribution in [3.05, 3.63) is 36.4 Å². The molecule has 2 aromatic rings. The molecule has 0 fully saturated rings. The summed E-state index contributed by atoms with van der Waals surface area (Å²) in [4.78, 5) is 4.13. The van der Waals surface area contributed by atoms with E-state index in [4.69, 9.17) is 5.73 Å². The lowest BCUT2D eigenvalue weighted by Crippen LogP contribution is -1.88. The van der Waals surface area contributed by atoms with E-state index in [0.29, 0.717) is 5.82 Å². The second-order valence-corrected chi connectivity index (χ2v) is 2.35. The molecular formula is C9H7N2. The molecule has 1 radical (unpaired) electrons. The second-order valence-electron chi connectivity index (χ2n) is 2.35. The van der Waals surface area contributed by atoms with Gasteiger partial charge in [0.05, 0.1) is 5.52 Å². The predicted molar refractivity (Wildman–Crippen MR) is 45.0 cm³/mol. The van der Waals surface area contributed by atoms with Crippen molar-refractivity contribution in [1.29, 1.82) is 0 Å². The number of anilines is 1. The highest BCUT2D eigenvalue weighted by Crippen LogP contribution is 2.11. The maximum atomic E-state index is 5.50. The van der Waals surface area contributed by atoms with Gasteiger partial charge >= 0.3 is 0 Å². The number of benzene rings is 1. The van der Waals surface area contributed by atoms with E-state index in [0.717, 1.165) is 10.9 Å². The standard InChI is InChI=1S/C9H7N2/c10-9-6-5-7-3-1-2-4-8(7)11-9/h2-6H,(H2,10,11). The van der Waals surface area contributed by atoms with Gasteiger partial charge in [-0.1, -0.05) is 6.07 Å². The van der Waals surface area contributed by atoms with Crippen LogP contribution in [0, 0.1) is 6.07 Å². The van der Waals surface area contributed by atoms with Gasteiger partial charge in [-0.25, -0.2) is 4.98 Å². The molecule has 0 bridgehead atoms. The lowest BCUT2D eigenvalue weighted by Gasteiger charge is -1.95. The van der Waals surface area contributed by atoms with E-state index in [1.54, 1.807) is 6.07 Å². The number of fused-ring (bicyclic) bond motifs is 1. The molecule has 0 atom stereocenters. The quantitative estimate of drug-likeness (QED) is 0.608. The van der Waals surface area contributed by atoms with Crippen LogP contribution in [0.15, 0.2) is 30.3 Å². The van der Waals surface area contributed by atoms with Gasteiger partial charge in [-0.3, -0.25) is 0 Å². The Bertz CT molecular complexity index is 382. The number of hydrogen-bond donors (Lipinski definition) is 1. The SMILES string of the molecule is Nc1ccc2c[c]ccc2n1. The van der Waals surface area contributed by atoms with Crippen molar-refractivity contribution < 1.29 is 0 Å². The van der Waals surface area contributed by atoms with Crippen molar-refractivity contribution in [1.82, 2.24) is 4.98 Å². The Balaban J connectivity index is 2.83. The first kappa shape index (κ1) is 6.16. The van der Waals surface area contributed by atoms with Gasteiger partial charge in [0.15, 0.2) is 0 Å². The number of rotatable bonds is 0. The first-order valence-electron chi connectivity index (χ1n) is 3.38. The van der Waals surface area contributed by atoms with Gasteiger partial charge in [-0.05, 0) is 30.3 Å². The monoisotopic (exact) mass is 143 g/mol. The van der Waals surface area contributed by atoms with Crippen LogP contribution < -0.4 is 5.73 Å². The zero-order valence-corrected chi connectivity index (χ0v) is 5.91. The fraction of sp³-hybridized carbons (Fsp3) is 0. The van der Waals surface area contributed by atoms with Crippen LogP contribution in [0.4, 0.5) is 5.82 Å². The highest BCUT2D eigenvalue weighted by atomic mass is 14.8.